The number of aryl methyl sites for hydroxylation is 1. The predicted molar refractivity (Wildman–Crippen MR) is 108 cm³/mol. The van der Waals surface area contributed by atoms with Crippen LogP contribution < -0.4 is 11.2 Å². The van der Waals surface area contributed by atoms with Crippen molar-refractivity contribution in [3.8, 4) is 0 Å². The Bertz CT molecular complexity index is 1100. The molecule has 4 heterocycles. The number of hydrogen-bond donors (Lipinski definition) is 0. The van der Waals surface area contributed by atoms with Gasteiger partial charge in [0.25, 0.3) is 10.7 Å². The van der Waals surface area contributed by atoms with Crippen LogP contribution in [0, 0.1) is 5.92 Å². The van der Waals surface area contributed by atoms with E-state index in [4.69, 9.17) is 21.4 Å². The van der Waals surface area contributed by atoms with Gasteiger partial charge in [-0.15, -0.1) is 0 Å². The van der Waals surface area contributed by atoms with E-state index in [0.717, 1.165) is 16.7 Å². The maximum Gasteiger partial charge on any atom is 0.332 e. The molecule has 2 saturated heterocycles. The summed E-state index contributed by atoms with van der Waals surface area (Å²) < 4.78 is 3.57. The predicted octanol–water partition coefficient (Wildman–Crippen LogP) is 0.693. The second-order valence-corrected chi connectivity index (χ2v) is 9.31. The molecule has 1 unspecified atom stereocenters. The molecule has 2 aliphatic heterocycles. The molecule has 1 atom stereocenters. The molecule has 4 rings (SSSR count). The summed E-state index contributed by atoms with van der Waals surface area (Å²) in [4.78, 5) is 54.5. The van der Waals surface area contributed by atoms with E-state index in [1.807, 2.05) is 13.8 Å². The summed E-state index contributed by atoms with van der Waals surface area (Å²) in [5.41, 5.74) is -0.795. The van der Waals surface area contributed by atoms with Gasteiger partial charge >= 0.3 is 5.69 Å². The first-order valence-electron chi connectivity index (χ1n) is 9.28. The fourth-order valence-electron chi connectivity index (χ4n) is 3.72. The lowest BCUT2D eigenvalue weighted by atomic mass is 10.1. The first kappa shape index (κ1) is 20.5. The lowest BCUT2D eigenvalue weighted by Gasteiger charge is -2.31. The molecular weight excluding hydrogens is 422 g/mol. The summed E-state index contributed by atoms with van der Waals surface area (Å²) in [7, 11) is 2.88. The van der Waals surface area contributed by atoms with Crippen molar-refractivity contribution in [2.45, 2.75) is 38.0 Å². The van der Waals surface area contributed by atoms with Gasteiger partial charge in [0, 0.05) is 26.4 Å². The van der Waals surface area contributed by atoms with Crippen molar-refractivity contribution in [2.75, 3.05) is 12.3 Å². The van der Waals surface area contributed by atoms with Gasteiger partial charge in [-0.1, -0.05) is 25.6 Å². The highest BCUT2D eigenvalue weighted by molar-refractivity contribution is 8.00. The Balaban J connectivity index is 1.73. The van der Waals surface area contributed by atoms with E-state index in [2.05, 4.69) is 4.98 Å². The number of rotatable bonds is 5. The smallest absolute Gasteiger partial charge is 0.331 e. The van der Waals surface area contributed by atoms with Crippen LogP contribution >= 0.6 is 23.4 Å². The van der Waals surface area contributed by atoms with Gasteiger partial charge in [0.15, 0.2) is 11.2 Å². The quantitative estimate of drug-likeness (QED) is 0.380. The summed E-state index contributed by atoms with van der Waals surface area (Å²) in [6.45, 7) is 4.38. The fourth-order valence-corrected chi connectivity index (χ4v) is 5.14. The van der Waals surface area contributed by atoms with Gasteiger partial charge in [0.2, 0.25) is 11.2 Å². The monoisotopic (exact) mass is 443 g/mol. The third-order valence-corrected chi connectivity index (χ3v) is 6.74. The third kappa shape index (κ3) is 3.29. The molecule has 10 nitrogen and oxygen atoms in total. The lowest BCUT2D eigenvalue weighted by molar-refractivity contribution is -0.135. The van der Waals surface area contributed by atoms with Gasteiger partial charge in [0.05, 0.1) is 0 Å². The number of carbonyl (C=O) groups excluding carboxylic acids is 1. The standard InChI is InChI=1S/C17H22ClN5O5S/c1-9(2)7-22(10-5-6-29-17(10)27-28-17)11(24)8-23-12-13(19-15(23)18)20(3)16(26)21(4)14(12)25/h9-10H,5-8H2,1-4H3. The largest absolute Gasteiger partial charge is 0.332 e. The van der Waals surface area contributed by atoms with Gasteiger partial charge < -0.3 is 4.90 Å². The minimum Gasteiger partial charge on any atom is -0.331 e. The number of imidazole rings is 1. The van der Waals surface area contributed by atoms with Crippen LogP contribution in [0.25, 0.3) is 11.2 Å². The summed E-state index contributed by atoms with van der Waals surface area (Å²) >= 11 is 7.80. The molecule has 0 bridgehead atoms. The number of halogens is 1. The third-order valence-electron chi connectivity index (χ3n) is 5.20. The molecule has 1 amide bonds. The molecule has 2 fully saturated rings. The second kappa shape index (κ2) is 7.15. The average Bonchev–Trinajstić information content (AvgIpc) is 3.21. The molecule has 2 aromatic heterocycles. The zero-order valence-electron chi connectivity index (χ0n) is 16.5. The zero-order chi connectivity index (χ0) is 21.1. The highest BCUT2D eigenvalue weighted by Crippen LogP contribution is 2.52. The molecule has 2 aliphatic rings. The molecule has 0 N–H and O–H groups in total. The van der Waals surface area contributed by atoms with Gasteiger partial charge in [-0.2, -0.15) is 14.8 Å². The summed E-state index contributed by atoms with van der Waals surface area (Å²) in [6, 6.07) is -0.219. The molecule has 2 aromatic rings. The average molecular weight is 444 g/mol. The molecule has 0 aromatic carbocycles. The molecule has 0 aliphatic carbocycles. The number of aromatic nitrogens is 4. The van der Waals surface area contributed by atoms with E-state index in [-0.39, 0.29) is 40.9 Å². The molecule has 0 radical (unpaired) electrons. The minimum atomic E-state index is -0.786. The Morgan fingerprint density at radius 1 is 1.34 bits per heavy atom. The number of carbonyl (C=O) groups is 1. The van der Waals surface area contributed by atoms with Crippen LogP contribution in [-0.2, 0) is 35.2 Å². The Kier molecular flexibility index (Phi) is 5.04. The van der Waals surface area contributed by atoms with Crippen LogP contribution in [0.3, 0.4) is 0 Å². The molecular formula is C17H22ClN5O5S. The number of amides is 1. The number of nitrogens with zero attached hydrogens (tertiary/aromatic N) is 5. The van der Waals surface area contributed by atoms with E-state index in [9.17, 15) is 14.4 Å². The Morgan fingerprint density at radius 2 is 2.03 bits per heavy atom. The molecule has 1 spiro atoms. The van der Waals surface area contributed by atoms with Crippen LogP contribution in [0.5, 0.6) is 0 Å². The Hall–Kier alpha value is -1.82. The summed E-state index contributed by atoms with van der Waals surface area (Å²) in [5.74, 6) is 0.829. The van der Waals surface area contributed by atoms with E-state index >= 15 is 0 Å². The molecule has 0 saturated carbocycles. The minimum absolute atomic E-state index is 0.0226. The first-order valence-corrected chi connectivity index (χ1v) is 10.6. The maximum absolute atomic E-state index is 13.3. The lowest BCUT2D eigenvalue weighted by Crippen LogP contribution is -2.48. The zero-order valence-corrected chi connectivity index (χ0v) is 18.1. The first-order chi connectivity index (χ1) is 13.7. The second-order valence-electron chi connectivity index (χ2n) is 7.71. The van der Waals surface area contributed by atoms with E-state index in [0.29, 0.717) is 6.54 Å². The van der Waals surface area contributed by atoms with Gasteiger partial charge in [0.1, 0.15) is 12.6 Å². The van der Waals surface area contributed by atoms with Crippen LogP contribution in [0.15, 0.2) is 9.59 Å². The van der Waals surface area contributed by atoms with Gasteiger partial charge in [-0.25, -0.2) is 4.79 Å². The SMILES string of the molecule is CC(C)CN(C(=O)Cn1c(Cl)nc2c1c(=O)n(C)c(=O)n2C)C1CCSC12OO2. The Labute approximate surface area is 175 Å². The van der Waals surface area contributed by atoms with Crippen molar-refractivity contribution >= 4 is 40.4 Å². The summed E-state index contributed by atoms with van der Waals surface area (Å²) in [5, 5.41) is -0.809. The molecule has 12 heteroatoms. The van der Waals surface area contributed by atoms with Crippen molar-refractivity contribution in [3.63, 3.8) is 0 Å². The van der Waals surface area contributed by atoms with Crippen molar-refractivity contribution in [2.24, 2.45) is 20.0 Å². The van der Waals surface area contributed by atoms with Crippen LogP contribution in [-0.4, -0.2) is 53.0 Å². The Morgan fingerprint density at radius 3 is 2.66 bits per heavy atom. The maximum atomic E-state index is 13.3. The highest BCUT2D eigenvalue weighted by atomic mass is 35.5. The number of thioether (sulfide) groups is 1. The van der Waals surface area contributed by atoms with E-state index in [1.54, 1.807) is 4.90 Å². The fraction of sp³-hybridized carbons (Fsp3) is 0.647. The van der Waals surface area contributed by atoms with Crippen LogP contribution in [0.4, 0.5) is 0 Å². The van der Waals surface area contributed by atoms with E-state index < -0.39 is 16.4 Å². The normalized spacial score (nSPS) is 20.1. The topological polar surface area (TPSA) is 107 Å². The van der Waals surface area contributed by atoms with Crippen LogP contribution in [0.2, 0.25) is 5.28 Å². The van der Waals surface area contributed by atoms with Gasteiger partial charge in [-0.3, -0.25) is 23.3 Å². The van der Waals surface area contributed by atoms with Crippen molar-refractivity contribution < 1.29 is 14.6 Å². The van der Waals surface area contributed by atoms with E-state index in [1.165, 1.54) is 35.0 Å². The van der Waals surface area contributed by atoms with Gasteiger partial charge in [-0.05, 0) is 23.9 Å². The highest BCUT2D eigenvalue weighted by Gasteiger charge is 2.62. The number of fused-ring (bicyclic) bond motifs is 1. The molecule has 29 heavy (non-hydrogen) atoms. The van der Waals surface area contributed by atoms with Crippen molar-refractivity contribution in [1.29, 1.82) is 0 Å². The molecule has 158 valence electrons. The van der Waals surface area contributed by atoms with Crippen molar-refractivity contribution in [1.82, 2.24) is 23.6 Å². The van der Waals surface area contributed by atoms with Crippen molar-refractivity contribution in [3.05, 3.63) is 26.1 Å². The number of hydrogen-bond acceptors (Lipinski definition) is 7. The van der Waals surface area contributed by atoms with Crippen LogP contribution in [0.1, 0.15) is 20.3 Å². The summed E-state index contributed by atoms with van der Waals surface area (Å²) in [6.07, 6.45) is 0.748.